The predicted octanol–water partition coefficient (Wildman–Crippen LogP) is 5.08. The maximum atomic E-state index is 13.3. The molecule has 0 spiro atoms. The number of thiophene rings is 1. The van der Waals surface area contributed by atoms with Gasteiger partial charge in [-0.3, -0.25) is 14.2 Å². The van der Waals surface area contributed by atoms with Crippen LogP contribution in [0.2, 0.25) is 0 Å². The van der Waals surface area contributed by atoms with Gasteiger partial charge in [-0.15, -0.1) is 11.3 Å². The van der Waals surface area contributed by atoms with Crippen molar-refractivity contribution in [2.75, 3.05) is 0 Å². The van der Waals surface area contributed by atoms with E-state index in [0.29, 0.717) is 24.2 Å². The van der Waals surface area contributed by atoms with Gasteiger partial charge in [0.15, 0.2) is 0 Å². The van der Waals surface area contributed by atoms with Crippen molar-refractivity contribution in [3.8, 4) is 21.8 Å². The second-order valence-corrected chi connectivity index (χ2v) is 7.94. The van der Waals surface area contributed by atoms with Gasteiger partial charge in [0.05, 0.1) is 5.39 Å². The molecule has 140 valence electrons. The highest BCUT2D eigenvalue weighted by atomic mass is 32.1. The summed E-state index contributed by atoms with van der Waals surface area (Å²) in [7, 11) is 0. The summed E-state index contributed by atoms with van der Waals surface area (Å²) in [5.41, 5.74) is 2.96. The number of carbonyl (C=O) groups is 1. The quantitative estimate of drug-likeness (QED) is 0.479. The Morgan fingerprint density at radius 3 is 2.50 bits per heavy atom. The van der Waals surface area contributed by atoms with Crippen LogP contribution in [-0.2, 0) is 11.3 Å². The van der Waals surface area contributed by atoms with Crippen molar-refractivity contribution < 1.29 is 4.79 Å². The number of Topliss-reactive ketones (excluding diaryl/α,β-unsaturated/α-hetero) is 1. The van der Waals surface area contributed by atoms with E-state index in [-0.39, 0.29) is 11.3 Å². The molecule has 5 heteroatoms. The number of fused-ring (bicyclic) bond motifs is 1. The molecule has 0 saturated heterocycles. The van der Waals surface area contributed by atoms with E-state index in [0.717, 1.165) is 26.4 Å². The first-order chi connectivity index (χ1) is 13.5. The topological polar surface area (TPSA) is 52.0 Å². The minimum Gasteiger partial charge on any atom is -0.300 e. The van der Waals surface area contributed by atoms with E-state index < -0.39 is 0 Å². The van der Waals surface area contributed by atoms with E-state index in [1.807, 2.05) is 67.6 Å². The van der Waals surface area contributed by atoms with Gasteiger partial charge in [0.2, 0.25) is 0 Å². The van der Waals surface area contributed by atoms with Gasteiger partial charge in [0, 0.05) is 23.4 Å². The molecule has 4 nitrogen and oxygen atoms in total. The van der Waals surface area contributed by atoms with Crippen LogP contribution in [0.25, 0.3) is 32.0 Å². The lowest BCUT2D eigenvalue weighted by atomic mass is 10.1. The Labute approximate surface area is 167 Å². The number of aromatic nitrogens is 2. The first-order valence-electron chi connectivity index (χ1n) is 9.19. The number of aryl methyl sites for hydroxylation is 1. The van der Waals surface area contributed by atoms with Gasteiger partial charge in [-0.1, -0.05) is 54.1 Å². The number of hydrogen-bond donors (Lipinski definition) is 0. The molecule has 0 fully saturated rings. The largest absolute Gasteiger partial charge is 0.300 e. The molecule has 0 radical (unpaired) electrons. The van der Waals surface area contributed by atoms with Crippen LogP contribution in [0.5, 0.6) is 0 Å². The van der Waals surface area contributed by atoms with Crippen molar-refractivity contribution in [2.45, 2.75) is 26.8 Å². The molecule has 0 aliphatic heterocycles. The minimum absolute atomic E-state index is 0.0532. The van der Waals surface area contributed by atoms with Gasteiger partial charge in [-0.2, -0.15) is 0 Å². The zero-order valence-corrected chi connectivity index (χ0v) is 16.6. The SMILES string of the molecule is CC(=O)CCn1c(-c2cccc(C)c2)nc2sc(-c3ccccc3)cc2c1=O. The van der Waals surface area contributed by atoms with E-state index in [1.54, 1.807) is 11.5 Å². The molecule has 2 heterocycles. The molecule has 4 rings (SSSR count). The molecule has 28 heavy (non-hydrogen) atoms. The summed E-state index contributed by atoms with van der Waals surface area (Å²) in [5.74, 6) is 0.668. The highest BCUT2D eigenvalue weighted by Crippen LogP contribution is 2.32. The Kier molecular flexibility index (Phi) is 4.92. The third-order valence-electron chi connectivity index (χ3n) is 4.67. The maximum absolute atomic E-state index is 13.3. The number of benzene rings is 2. The van der Waals surface area contributed by atoms with Crippen LogP contribution in [0.15, 0.2) is 65.5 Å². The van der Waals surface area contributed by atoms with Crippen LogP contribution in [0.1, 0.15) is 18.9 Å². The fraction of sp³-hybridized carbons (Fsp3) is 0.174. The number of carbonyl (C=O) groups excluding carboxylic acids is 1. The maximum Gasteiger partial charge on any atom is 0.262 e. The molecule has 0 saturated carbocycles. The normalized spacial score (nSPS) is 11.1. The van der Waals surface area contributed by atoms with Crippen molar-refractivity contribution in [1.29, 1.82) is 0 Å². The molecule has 0 aliphatic rings. The average molecular weight is 388 g/mol. The van der Waals surface area contributed by atoms with Crippen molar-refractivity contribution >= 4 is 27.3 Å². The van der Waals surface area contributed by atoms with Crippen molar-refractivity contribution in [1.82, 2.24) is 9.55 Å². The van der Waals surface area contributed by atoms with E-state index in [2.05, 4.69) is 0 Å². The first kappa shape index (κ1) is 18.3. The van der Waals surface area contributed by atoms with Crippen LogP contribution in [0.4, 0.5) is 0 Å². The molecule has 2 aromatic carbocycles. The Bertz CT molecular complexity index is 1220. The predicted molar refractivity (Wildman–Crippen MR) is 115 cm³/mol. The standard InChI is InChI=1S/C23H20N2O2S/c1-15-7-6-10-18(13-15)21-24-22-19(23(27)25(21)12-11-16(2)26)14-20(28-22)17-8-4-3-5-9-17/h3-10,13-14H,11-12H2,1-2H3. The zero-order chi connectivity index (χ0) is 19.7. The summed E-state index contributed by atoms with van der Waals surface area (Å²) < 4.78 is 1.64. The monoisotopic (exact) mass is 388 g/mol. The molecule has 0 aliphatic carbocycles. The van der Waals surface area contributed by atoms with Gasteiger partial charge in [0.25, 0.3) is 5.56 Å². The second kappa shape index (κ2) is 7.52. The molecular formula is C23H20N2O2S. The Hall–Kier alpha value is -3.05. The Balaban J connectivity index is 1.94. The lowest BCUT2D eigenvalue weighted by molar-refractivity contribution is -0.117. The minimum atomic E-state index is -0.0961. The third-order valence-corrected chi connectivity index (χ3v) is 5.75. The molecule has 4 aromatic rings. The van der Waals surface area contributed by atoms with Crippen molar-refractivity contribution in [3.05, 3.63) is 76.6 Å². The van der Waals surface area contributed by atoms with Gasteiger partial charge in [0.1, 0.15) is 16.4 Å². The molecule has 0 unspecified atom stereocenters. The van der Waals surface area contributed by atoms with Crippen LogP contribution in [0, 0.1) is 6.92 Å². The lowest BCUT2D eigenvalue weighted by Crippen LogP contribution is -2.24. The Morgan fingerprint density at radius 1 is 1.04 bits per heavy atom. The molecule has 0 atom stereocenters. The van der Waals surface area contributed by atoms with Crippen molar-refractivity contribution in [3.63, 3.8) is 0 Å². The fourth-order valence-electron chi connectivity index (χ4n) is 3.24. The number of ketones is 1. The summed E-state index contributed by atoms with van der Waals surface area (Å²) in [6.45, 7) is 3.89. The van der Waals surface area contributed by atoms with Crippen LogP contribution >= 0.6 is 11.3 Å². The third kappa shape index (κ3) is 3.53. The smallest absolute Gasteiger partial charge is 0.262 e. The van der Waals surface area contributed by atoms with Gasteiger partial charge >= 0.3 is 0 Å². The lowest BCUT2D eigenvalue weighted by Gasteiger charge is -2.12. The first-order valence-corrected chi connectivity index (χ1v) is 10.0. The number of hydrogen-bond acceptors (Lipinski definition) is 4. The molecule has 2 aromatic heterocycles. The van der Waals surface area contributed by atoms with E-state index >= 15 is 0 Å². The summed E-state index contributed by atoms with van der Waals surface area (Å²) in [5, 5.41) is 0.601. The molecule has 0 amide bonds. The number of nitrogens with zero attached hydrogens (tertiary/aromatic N) is 2. The zero-order valence-electron chi connectivity index (χ0n) is 15.8. The van der Waals surface area contributed by atoms with E-state index in [1.165, 1.54) is 11.3 Å². The summed E-state index contributed by atoms with van der Waals surface area (Å²) in [6, 6.07) is 19.8. The average Bonchev–Trinajstić information content (AvgIpc) is 3.12. The van der Waals surface area contributed by atoms with E-state index in [4.69, 9.17) is 4.98 Å². The van der Waals surface area contributed by atoms with Gasteiger partial charge in [-0.25, -0.2) is 4.98 Å². The molecular weight excluding hydrogens is 368 g/mol. The van der Waals surface area contributed by atoms with Crippen LogP contribution < -0.4 is 5.56 Å². The highest BCUT2D eigenvalue weighted by Gasteiger charge is 2.16. The van der Waals surface area contributed by atoms with Gasteiger partial charge < -0.3 is 0 Å². The summed E-state index contributed by atoms with van der Waals surface area (Å²) in [6.07, 6.45) is 0.307. The van der Waals surface area contributed by atoms with Crippen molar-refractivity contribution in [2.24, 2.45) is 0 Å². The number of rotatable bonds is 5. The van der Waals surface area contributed by atoms with Crippen LogP contribution in [-0.4, -0.2) is 15.3 Å². The summed E-state index contributed by atoms with van der Waals surface area (Å²) in [4.78, 5) is 31.4. The van der Waals surface area contributed by atoms with E-state index in [9.17, 15) is 9.59 Å². The molecule has 0 N–H and O–H groups in total. The molecule has 0 bridgehead atoms. The second-order valence-electron chi connectivity index (χ2n) is 6.91. The Morgan fingerprint density at radius 2 is 1.79 bits per heavy atom. The summed E-state index contributed by atoms with van der Waals surface area (Å²) >= 11 is 1.52. The van der Waals surface area contributed by atoms with Crippen LogP contribution in [0.3, 0.4) is 0 Å². The highest BCUT2D eigenvalue weighted by molar-refractivity contribution is 7.21. The van der Waals surface area contributed by atoms with Gasteiger partial charge in [-0.05, 0) is 31.5 Å². The fourth-order valence-corrected chi connectivity index (χ4v) is 4.27.